The molecular weight excluding hydrogens is 193 g/mol. The highest BCUT2D eigenvalue weighted by Gasteiger charge is 2.17. The molecule has 3 heteroatoms. The van der Waals surface area contributed by atoms with Gasteiger partial charge in [-0.2, -0.15) is 0 Å². The molecule has 0 spiro atoms. The predicted octanol–water partition coefficient (Wildman–Crippen LogP) is 2.80. The molecule has 0 unspecified atom stereocenters. The topological polar surface area (TPSA) is 12.0 Å². The van der Waals surface area contributed by atoms with Crippen LogP contribution in [0.5, 0.6) is 0 Å². The highest BCUT2D eigenvalue weighted by atomic mass is 35.5. The fourth-order valence-corrected chi connectivity index (χ4v) is 1.39. The Morgan fingerprint density at radius 1 is 1.25 bits per heavy atom. The number of benzene rings is 1. The first-order chi connectivity index (χ1) is 5.36. The van der Waals surface area contributed by atoms with Gasteiger partial charge in [0.1, 0.15) is 0 Å². The van der Waals surface area contributed by atoms with Gasteiger partial charge in [-0.3, -0.25) is 0 Å². The van der Waals surface area contributed by atoms with E-state index in [0.29, 0.717) is 6.04 Å². The Balaban J connectivity index is 0.000000720. The summed E-state index contributed by atoms with van der Waals surface area (Å²) in [6.07, 6.45) is 1.25. The number of halogens is 2. The van der Waals surface area contributed by atoms with Crippen molar-refractivity contribution in [1.29, 1.82) is 0 Å². The van der Waals surface area contributed by atoms with E-state index >= 15 is 0 Å². The van der Waals surface area contributed by atoms with Gasteiger partial charge in [0.25, 0.3) is 0 Å². The van der Waals surface area contributed by atoms with Crippen molar-refractivity contribution >= 4 is 24.0 Å². The van der Waals surface area contributed by atoms with Crippen molar-refractivity contribution in [2.45, 2.75) is 12.5 Å². The number of hydrogen-bond donors (Lipinski definition) is 1. The molecule has 0 bridgehead atoms. The van der Waals surface area contributed by atoms with Gasteiger partial charge < -0.3 is 5.32 Å². The summed E-state index contributed by atoms with van der Waals surface area (Å²) < 4.78 is 0. The van der Waals surface area contributed by atoms with Gasteiger partial charge in [0.05, 0.1) is 0 Å². The van der Waals surface area contributed by atoms with E-state index in [2.05, 4.69) is 17.4 Å². The molecule has 0 saturated carbocycles. The molecule has 1 aliphatic rings. The molecule has 1 saturated heterocycles. The Kier molecular flexibility index (Phi) is 3.39. The van der Waals surface area contributed by atoms with Crippen molar-refractivity contribution in [3.8, 4) is 0 Å². The van der Waals surface area contributed by atoms with Crippen LogP contribution in [0.4, 0.5) is 0 Å². The summed E-state index contributed by atoms with van der Waals surface area (Å²) >= 11 is 5.76. The second-order valence-electron chi connectivity index (χ2n) is 2.85. The lowest BCUT2D eigenvalue weighted by Gasteiger charge is -2.27. The van der Waals surface area contributed by atoms with Crippen LogP contribution in [0.2, 0.25) is 5.02 Å². The van der Waals surface area contributed by atoms with Crippen LogP contribution in [-0.2, 0) is 0 Å². The van der Waals surface area contributed by atoms with E-state index in [9.17, 15) is 0 Å². The van der Waals surface area contributed by atoms with Gasteiger partial charge in [-0.25, -0.2) is 0 Å². The molecule has 1 fully saturated rings. The molecule has 0 radical (unpaired) electrons. The molecule has 2 rings (SSSR count). The number of nitrogens with one attached hydrogen (secondary N) is 1. The van der Waals surface area contributed by atoms with Crippen LogP contribution in [0.25, 0.3) is 0 Å². The fraction of sp³-hybridized carbons (Fsp3) is 0.333. The molecular formula is C9H11Cl2N. The van der Waals surface area contributed by atoms with Crippen LogP contribution in [-0.4, -0.2) is 6.54 Å². The molecule has 0 aliphatic carbocycles. The molecule has 1 aliphatic heterocycles. The Bertz CT molecular complexity index is 241. The van der Waals surface area contributed by atoms with Gasteiger partial charge in [0.15, 0.2) is 0 Å². The predicted molar refractivity (Wildman–Crippen MR) is 54.1 cm³/mol. The maximum Gasteiger partial charge on any atom is 0.0406 e. The normalized spacial score (nSPS) is 20.9. The van der Waals surface area contributed by atoms with Crippen LogP contribution in [0, 0.1) is 0 Å². The zero-order valence-electron chi connectivity index (χ0n) is 6.59. The fourth-order valence-electron chi connectivity index (χ4n) is 1.27. The van der Waals surface area contributed by atoms with Crippen LogP contribution in [0.1, 0.15) is 18.0 Å². The van der Waals surface area contributed by atoms with Gasteiger partial charge in [0.2, 0.25) is 0 Å². The summed E-state index contributed by atoms with van der Waals surface area (Å²) in [7, 11) is 0. The van der Waals surface area contributed by atoms with Crippen LogP contribution in [0.3, 0.4) is 0 Å². The van der Waals surface area contributed by atoms with Crippen molar-refractivity contribution in [2.75, 3.05) is 6.54 Å². The zero-order valence-corrected chi connectivity index (χ0v) is 8.16. The SMILES string of the molecule is Cl.Clc1ccc([C@@H]2CCN2)cc1. The molecule has 1 atom stereocenters. The smallest absolute Gasteiger partial charge is 0.0406 e. The van der Waals surface area contributed by atoms with Crippen LogP contribution < -0.4 is 5.32 Å². The monoisotopic (exact) mass is 203 g/mol. The lowest BCUT2D eigenvalue weighted by atomic mass is 9.98. The van der Waals surface area contributed by atoms with E-state index in [1.807, 2.05) is 12.1 Å². The second-order valence-corrected chi connectivity index (χ2v) is 3.28. The summed E-state index contributed by atoms with van der Waals surface area (Å²) in [5.74, 6) is 0. The van der Waals surface area contributed by atoms with Gasteiger partial charge in [-0.1, -0.05) is 23.7 Å². The van der Waals surface area contributed by atoms with Crippen LogP contribution in [0.15, 0.2) is 24.3 Å². The average molecular weight is 204 g/mol. The molecule has 1 N–H and O–H groups in total. The van der Waals surface area contributed by atoms with E-state index < -0.39 is 0 Å². The summed E-state index contributed by atoms with van der Waals surface area (Å²) in [5, 5.41) is 4.15. The Hall–Kier alpha value is -0.240. The maximum absolute atomic E-state index is 5.76. The van der Waals surface area contributed by atoms with Crippen molar-refractivity contribution in [2.24, 2.45) is 0 Å². The van der Waals surface area contributed by atoms with Gasteiger partial charge in [-0.05, 0) is 30.7 Å². The lowest BCUT2D eigenvalue weighted by Crippen LogP contribution is -2.34. The van der Waals surface area contributed by atoms with E-state index in [0.717, 1.165) is 11.6 Å². The number of rotatable bonds is 1. The quantitative estimate of drug-likeness (QED) is 0.741. The minimum atomic E-state index is 0. The Morgan fingerprint density at radius 2 is 1.83 bits per heavy atom. The van der Waals surface area contributed by atoms with Crippen LogP contribution >= 0.6 is 24.0 Å². The first-order valence-electron chi connectivity index (χ1n) is 3.85. The maximum atomic E-state index is 5.76. The Morgan fingerprint density at radius 3 is 2.25 bits per heavy atom. The van der Waals surface area contributed by atoms with Gasteiger partial charge in [-0.15, -0.1) is 12.4 Å². The first-order valence-corrected chi connectivity index (χ1v) is 4.23. The minimum Gasteiger partial charge on any atom is -0.310 e. The molecule has 1 nitrogen and oxygen atoms in total. The molecule has 1 aromatic carbocycles. The largest absolute Gasteiger partial charge is 0.310 e. The molecule has 12 heavy (non-hydrogen) atoms. The van der Waals surface area contributed by atoms with Crippen molar-refractivity contribution in [1.82, 2.24) is 5.32 Å². The van der Waals surface area contributed by atoms with Crippen molar-refractivity contribution in [3.63, 3.8) is 0 Å². The molecule has 1 heterocycles. The van der Waals surface area contributed by atoms with Gasteiger partial charge in [0, 0.05) is 11.1 Å². The second kappa shape index (κ2) is 4.13. The third kappa shape index (κ3) is 1.92. The zero-order chi connectivity index (χ0) is 7.68. The molecule has 1 aromatic rings. The third-order valence-corrected chi connectivity index (χ3v) is 2.35. The highest BCUT2D eigenvalue weighted by molar-refractivity contribution is 6.30. The van der Waals surface area contributed by atoms with Gasteiger partial charge >= 0.3 is 0 Å². The first kappa shape index (κ1) is 9.85. The third-order valence-electron chi connectivity index (χ3n) is 2.10. The van der Waals surface area contributed by atoms with E-state index in [4.69, 9.17) is 11.6 Å². The van der Waals surface area contributed by atoms with E-state index in [1.54, 1.807) is 0 Å². The molecule has 0 aromatic heterocycles. The lowest BCUT2D eigenvalue weighted by molar-refractivity contribution is 0.383. The summed E-state index contributed by atoms with van der Waals surface area (Å²) in [5.41, 5.74) is 1.35. The molecule has 66 valence electrons. The number of hydrogen-bond acceptors (Lipinski definition) is 1. The summed E-state index contributed by atoms with van der Waals surface area (Å²) in [6, 6.07) is 8.62. The Labute approximate surface area is 83.5 Å². The standard InChI is InChI=1S/C9H10ClN.ClH/c10-8-3-1-7(2-4-8)9-5-6-11-9;/h1-4,9,11H,5-6H2;1H/t9-;/m0./s1. The van der Waals surface area contributed by atoms with E-state index in [1.165, 1.54) is 12.0 Å². The highest BCUT2D eigenvalue weighted by Crippen LogP contribution is 2.23. The minimum absolute atomic E-state index is 0. The average Bonchev–Trinajstić information content (AvgIpc) is 1.90. The van der Waals surface area contributed by atoms with Crippen molar-refractivity contribution < 1.29 is 0 Å². The summed E-state index contributed by atoms with van der Waals surface area (Å²) in [6.45, 7) is 1.15. The van der Waals surface area contributed by atoms with E-state index in [-0.39, 0.29) is 12.4 Å². The molecule has 0 amide bonds. The van der Waals surface area contributed by atoms with Crippen molar-refractivity contribution in [3.05, 3.63) is 34.9 Å². The summed E-state index contributed by atoms with van der Waals surface area (Å²) in [4.78, 5) is 0.